The topological polar surface area (TPSA) is 12.0 Å². The molecule has 2 unspecified atom stereocenters. The summed E-state index contributed by atoms with van der Waals surface area (Å²) in [5, 5.41) is 3.82. The Morgan fingerprint density at radius 1 is 1.05 bits per heavy atom. The van der Waals surface area contributed by atoms with E-state index in [1.807, 2.05) is 0 Å². The van der Waals surface area contributed by atoms with Crippen LogP contribution in [0, 0.1) is 18.8 Å². The maximum absolute atomic E-state index is 3.82. The van der Waals surface area contributed by atoms with Gasteiger partial charge in [0, 0.05) is 6.04 Å². The first-order valence-electron chi connectivity index (χ1n) is 8.50. The van der Waals surface area contributed by atoms with Crippen molar-refractivity contribution in [3.8, 4) is 0 Å². The lowest BCUT2D eigenvalue weighted by Crippen LogP contribution is -2.42. The summed E-state index contributed by atoms with van der Waals surface area (Å²) in [7, 11) is 0. The molecule has 2 saturated carbocycles. The Bertz CT molecular complexity index is 416. The Hall–Kier alpha value is -0.820. The van der Waals surface area contributed by atoms with E-state index in [1.54, 1.807) is 5.56 Å². The smallest absolute Gasteiger partial charge is 0.00788 e. The molecular formula is C19H29N. The number of hydrogen-bond acceptors (Lipinski definition) is 1. The van der Waals surface area contributed by atoms with E-state index in [0.29, 0.717) is 0 Å². The molecule has 2 aliphatic carbocycles. The fourth-order valence-electron chi connectivity index (χ4n) is 3.97. The third-order valence-electron chi connectivity index (χ3n) is 5.43. The molecule has 0 aromatic heterocycles. The van der Waals surface area contributed by atoms with Crippen molar-refractivity contribution in [1.29, 1.82) is 0 Å². The van der Waals surface area contributed by atoms with Crippen LogP contribution in [-0.2, 0) is 0 Å². The highest BCUT2D eigenvalue weighted by atomic mass is 14.9. The first kappa shape index (κ1) is 14.1. The van der Waals surface area contributed by atoms with E-state index in [2.05, 4.69) is 43.4 Å². The van der Waals surface area contributed by atoms with Gasteiger partial charge >= 0.3 is 0 Å². The average Bonchev–Trinajstić information content (AvgIpc) is 2.39. The zero-order valence-electron chi connectivity index (χ0n) is 13.1. The standard InChI is InChI=1S/C19H29N/c1-14-6-8-17(9-7-14)18-11-19(12-18)20-13-16-5-3-4-15(2)10-16/h6-9,15-16,18-20H,3-5,10-13H2,1-2H3. The van der Waals surface area contributed by atoms with Crippen LogP contribution in [-0.4, -0.2) is 12.6 Å². The molecule has 2 atom stereocenters. The third kappa shape index (κ3) is 3.44. The van der Waals surface area contributed by atoms with E-state index in [1.165, 1.54) is 50.6 Å². The van der Waals surface area contributed by atoms with Crippen LogP contribution in [0.15, 0.2) is 24.3 Å². The van der Waals surface area contributed by atoms with Gasteiger partial charge in [-0.2, -0.15) is 0 Å². The van der Waals surface area contributed by atoms with Crippen molar-refractivity contribution < 1.29 is 0 Å². The SMILES string of the molecule is Cc1ccc(C2CC(NCC3CCCC(C)C3)C2)cc1. The summed E-state index contributed by atoms with van der Waals surface area (Å²) < 4.78 is 0. The molecule has 20 heavy (non-hydrogen) atoms. The second-order valence-electron chi connectivity index (χ2n) is 7.32. The number of hydrogen-bond donors (Lipinski definition) is 1. The quantitative estimate of drug-likeness (QED) is 0.840. The van der Waals surface area contributed by atoms with Gasteiger partial charge in [-0.1, -0.05) is 49.6 Å². The average molecular weight is 271 g/mol. The molecule has 0 saturated heterocycles. The van der Waals surface area contributed by atoms with E-state index >= 15 is 0 Å². The first-order chi connectivity index (χ1) is 9.70. The van der Waals surface area contributed by atoms with Crippen molar-refractivity contribution in [3.63, 3.8) is 0 Å². The van der Waals surface area contributed by atoms with Crippen molar-refractivity contribution in [2.75, 3.05) is 6.54 Å². The molecule has 2 fully saturated rings. The van der Waals surface area contributed by atoms with Crippen LogP contribution in [0.3, 0.4) is 0 Å². The van der Waals surface area contributed by atoms with Gasteiger partial charge < -0.3 is 5.32 Å². The van der Waals surface area contributed by atoms with Crippen LogP contribution in [0.4, 0.5) is 0 Å². The lowest BCUT2D eigenvalue weighted by atomic mass is 9.75. The van der Waals surface area contributed by atoms with E-state index in [4.69, 9.17) is 0 Å². The number of aryl methyl sites for hydroxylation is 1. The summed E-state index contributed by atoms with van der Waals surface area (Å²) in [5.74, 6) is 2.70. The Morgan fingerprint density at radius 2 is 1.80 bits per heavy atom. The van der Waals surface area contributed by atoms with E-state index in [0.717, 1.165) is 23.8 Å². The molecule has 0 amide bonds. The highest BCUT2D eigenvalue weighted by Crippen LogP contribution is 2.37. The zero-order valence-corrected chi connectivity index (χ0v) is 13.1. The van der Waals surface area contributed by atoms with Crippen LogP contribution in [0.5, 0.6) is 0 Å². The summed E-state index contributed by atoms with van der Waals surface area (Å²) in [4.78, 5) is 0. The molecule has 110 valence electrons. The van der Waals surface area contributed by atoms with Crippen LogP contribution in [0.2, 0.25) is 0 Å². The number of nitrogens with one attached hydrogen (secondary N) is 1. The van der Waals surface area contributed by atoms with Crippen LogP contribution < -0.4 is 5.32 Å². The monoisotopic (exact) mass is 271 g/mol. The lowest BCUT2D eigenvalue weighted by Gasteiger charge is -2.38. The van der Waals surface area contributed by atoms with Gasteiger partial charge in [-0.05, 0) is 62.5 Å². The van der Waals surface area contributed by atoms with Crippen LogP contribution in [0.25, 0.3) is 0 Å². The molecule has 0 heterocycles. The molecule has 3 rings (SSSR count). The fourth-order valence-corrected chi connectivity index (χ4v) is 3.97. The molecule has 1 N–H and O–H groups in total. The highest BCUT2D eigenvalue weighted by molar-refractivity contribution is 5.26. The largest absolute Gasteiger partial charge is 0.314 e. The minimum absolute atomic E-state index is 0.776. The summed E-state index contributed by atoms with van der Waals surface area (Å²) >= 11 is 0. The molecule has 1 aromatic rings. The van der Waals surface area contributed by atoms with E-state index < -0.39 is 0 Å². The molecule has 0 radical (unpaired) electrons. The second kappa shape index (κ2) is 6.30. The highest BCUT2D eigenvalue weighted by Gasteiger charge is 2.30. The van der Waals surface area contributed by atoms with Crippen LogP contribution in [0.1, 0.15) is 62.5 Å². The Labute approximate surface area is 124 Å². The van der Waals surface area contributed by atoms with Gasteiger partial charge in [0.15, 0.2) is 0 Å². The Kier molecular flexibility index (Phi) is 4.45. The fraction of sp³-hybridized carbons (Fsp3) is 0.684. The second-order valence-corrected chi connectivity index (χ2v) is 7.32. The summed E-state index contributed by atoms with van der Waals surface area (Å²) in [6.45, 7) is 5.85. The van der Waals surface area contributed by atoms with Crippen LogP contribution >= 0.6 is 0 Å². The van der Waals surface area contributed by atoms with E-state index in [9.17, 15) is 0 Å². The maximum Gasteiger partial charge on any atom is 0.00788 e. The summed E-state index contributed by atoms with van der Waals surface area (Å²) in [6.07, 6.45) is 8.48. The third-order valence-corrected chi connectivity index (χ3v) is 5.43. The van der Waals surface area contributed by atoms with Gasteiger partial charge in [0.25, 0.3) is 0 Å². The molecule has 1 aromatic carbocycles. The molecule has 0 spiro atoms. The van der Waals surface area contributed by atoms with Gasteiger partial charge in [0.05, 0.1) is 0 Å². The first-order valence-corrected chi connectivity index (χ1v) is 8.50. The molecule has 1 heteroatoms. The minimum Gasteiger partial charge on any atom is -0.314 e. The predicted molar refractivity (Wildman–Crippen MR) is 86.1 cm³/mol. The van der Waals surface area contributed by atoms with Crippen molar-refractivity contribution >= 4 is 0 Å². The normalized spacial score (nSPS) is 33.7. The van der Waals surface area contributed by atoms with Gasteiger partial charge in [0.1, 0.15) is 0 Å². The van der Waals surface area contributed by atoms with Crippen molar-refractivity contribution in [2.45, 2.75) is 64.3 Å². The molecule has 1 nitrogen and oxygen atoms in total. The molecule has 2 aliphatic rings. The Balaban J connectivity index is 1.39. The summed E-state index contributed by atoms with van der Waals surface area (Å²) in [6, 6.07) is 9.91. The maximum atomic E-state index is 3.82. The van der Waals surface area contributed by atoms with Crippen molar-refractivity contribution in [1.82, 2.24) is 5.32 Å². The Morgan fingerprint density at radius 3 is 2.50 bits per heavy atom. The number of rotatable bonds is 4. The summed E-state index contributed by atoms with van der Waals surface area (Å²) in [5.41, 5.74) is 2.91. The minimum atomic E-state index is 0.776. The van der Waals surface area contributed by atoms with Gasteiger partial charge in [0.2, 0.25) is 0 Å². The number of benzene rings is 1. The van der Waals surface area contributed by atoms with Gasteiger partial charge in [-0.15, -0.1) is 0 Å². The lowest BCUT2D eigenvalue weighted by molar-refractivity contribution is 0.232. The predicted octanol–water partition coefficient (Wildman–Crippen LogP) is 4.66. The van der Waals surface area contributed by atoms with Crippen molar-refractivity contribution in [3.05, 3.63) is 35.4 Å². The van der Waals surface area contributed by atoms with Gasteiger partial charge in [-0.3, -0.25) is 0 Å². The van der Waals surface area contributed by atoms with E-state index in [-0.39, 0.29) is 0 Å². The zero-order chi connectivity index (χ0) is 13.9. The molecule has 0 aliphatic heterocycles. The van der Waals surface area contributed by atoms with Gasteiger partial charge in [-0.25, -0.2) is 0 Å². The molecule has 0 bridgehead atoms. The molecular weight excluding hydrogens is 242 g/mol. The van der Waals surface area contributed by atoms with Crippen molar-refractivity contribution in [2.24, 2.45) is 11.8 Å².